The zero-order valence-corrected chi connectivity index (χ0v) is 12.4. The van der Waals surface area contributed by atoms with Gasteiger partial charge in [-0.15, -0.1) is 0 Å². The highest BCUT2D eigenvalue weighted by Crippen LogP contribution is 2.18. The summed E-state index contributed by atoms with van der Waals surface area (Å²) >= 11 is 3.37. The third-order valence-corrected chi connectivity index (χ3v) is 3.47. The number of amides is 4. The minimum absolute atomic E-state index is 0.0735. The van der Waals surface area contributed by atoms with Gasteiger partial charge in [-0.2, -0.15) is 0 Å². The molecule has 1 fully saturated rings. The van der Waals surface area contributed by atoms with Crippen LogP contribution < -0.4 is 16.0 Å². The van der Waals surface area contributed by atoms with E-state index in [2.05, 4.69) is 31.9 Å². The average Bonchev–Trinajstić information content (AvgIpc) is 2.67. The number of urea groups is 1. The monoisotopic (exact) mass is 339 g/mol. The molecule has 2 atom stereocenters. The molecule has 1 aliphatic heterocycles. The number of rotatable bonds is 4. The van der Waals surface area contributed by atoms with Gasteiger partial charge in [-0.1, -0.05) is 28.1 Å². The van der Waals surface area contributed by atoms with Crippen molar-refractivity contribution in [2.75, 3.05) is 0 Å². The Morgan fingerprint density at radius 3 is 2.80 bits per heavy atom. The van der Waals surface area contributed by atoms with E-state index in [0.717, 1.165) is 10.0 Å². The fourth-order valence-electron chi connectivity index (χ4n) is 1.95. The number of benzene rings is 1. The zero-order valence-electron chi connectivity index (χ0n) is 10.8. The van der Waals surface area contributed by atoms with Crippen LogP contribution in [-0.4, -0.2) is 23.9 Å². The summed E-state index contributed by atoms with van der Waals surface area (Å²) in [6.07, 6.45) is -0.0735. The van der Waals surface area contributed by atoms with Crippen LogP contribution in [0.25, 0.3) is 0 Å². The van der Waals surface area contributed by atoms with Crippen LogP contribution in [-0.2, 0) is 9.59 Å². The molecule has 0 bridgehead atoms. The number of halogens is 1. The van der Waals surface area contributed by atoms with Gasteiger partial charge < -0.3 is 10.6 Å². The van der Waals surface area contributed by atoms with Crippen LogP contribution in [0, 0.1) is 0 Å². The highest BCUT2D eigenvalue weighted by molar-refractivity contribution is 9.10. The van der Waals surface area contributed by atoms with Crippen molar-refractivity contribution in [2.24, 2.45) is 0 Å². The van der Waals surface area contributed by atoms with Crippen molar-refractivity contribution in [2.45, 2.75) is 25.4 Å². The molecule has 4 amide bonds. The van der Waals surface area contributed by atoms with Crippen LogP contribution in [0.15, 0.2) is 28.7 Å². The average molecular weight is 340 g/mol. The van der Waals surface area contributed by atoms with Crippen LogP contribution in [0.3, 0.4) is 0 Å². The lowest BCUT2D eigenvalue weighted by molar-refractivity contribution is -0.126. The minimum atomic E-state index is -0.794. The molecule has 7 heteroatoms. The van der Waals surface area contributed by atoms with E-state index < -0.39 is 18.0 Å². The fraction of sp³-hybridized carbons (Fsp3) is 0.308. The third-order valence-electron chi connectivity index (χ3n) is 2.97. The van der Waals surface area contributed by atoms with Gasteiger partial charge in [-0.05, 0) is 24.6 Å². The Morgan fingerprint density at radius 1 is 1.45 bits per heavy atom. The molecule has 0 aromatic heterocycles. The van der Waals surface area contributed by atoms with Crippen LogP contribution >= 0.6 is 15.9 Å². The van der Waals surface area contributed by atoms with Crippen molar-refractivity contribution < 1.29 is 14.4 Å². The number of carbonyl (C=O) groups excluding carboxylic acids is 3. The maximum atomic E-state index is 11.9. The lowest BCUT2D eigenvalue weighted by atomic mass is 10.1. The summed E-state index contributed by atoms with van der Waals surface area (Å²) < 4.78 is 0.929. The van der Waals surface area contributed by atoms with Crippen molar-refractivity contribution in [1.29, 1.82) is 0 Å². The van der Waals surface area contributed by atoms with Gasteiger partial charge in [-0.3, -0.25) is 14.9 Å². The first-order chi connectivity index (χ1) is 9.45. The molecule has 106 valence electrons. The SMILES string of the molecule is C[C@@H](NC(=O)C[C@@H]1NC(=O)NC1=O)c1cccc(Br)c1. The molecule has 1 aromatic carbocycles. The summed E-state index contributed by atoms with van der Waals surface area (Å²) in [5, 5.41) is 7.27. The summed E-state index contributed by atoms with van der Waals surface area (Å²) in [5.41, 5.74) is 0.952. The molecule has 0 aliphatic carbocycles. The van der Waals surface area contributed by atoms with Crippen LogP contribution in [0.5, 0.6) is 0 Å². The topological polar surface area (TPSA) is 87.3 Å². The fourth-order valence-corrected chi connectivity index (χ4v) is 2.36. The number of imide groups is 1. The summed E-state index contributed by atoms with van der Waals surface area (Å²) in [4.78, 5) is 34.2. The van der Waals surface area contributed by atoms with Crippen LogP contribution in [0.4, 0.5) is 4.79 Å². The third kappa shape index (κ3) is 3.57. The molecule has 1 aromatic rings. The first-order valence-electron chi connectivity index (χ1n) is 6.12. The molecule has 6 nitrogen and oxygen atoms in total. The molecule has 3 N–H and O–H groups in total. The highest BCUT2D eigenvalue weighted by atomic mass is 79.9. The predicted octanol–water partition coefficient (Wildman–Crippen LogP) is 1.22. The second-order valence-electron chi connectivity index (χ2n) is 4.56. The lowest BCUT2D eigenvalue weighted by Gasteiger charge is -2.15. The lowest BCUT2D eigenvalue weighted by Crippen LogP contribution is -2.37. The Balaban J connectivity index is 1.91. The number of carbonyl (C=O) groups is 3. The largest absolute Gasteiger partial charge is 0.350 e. The standard InChI is InChI=1S/C13H14BrN3O3/c1-7(8-3-2-4-9(14)5-8)15-11(18)6-10-12(19)17-13(20)16-10/h2-5,7,10H,6H2,1H3,(H,15,18)(H2,16,17,19,20)/t7-,10+/m1/s1. The van der Waals surface area contributed by atoms with E-state index >= 15 is 0 Å². The molecule has 0 unspecified atom stereocenters. The van der Waals surface area contributed by atoms with Gasteiger partial charge in [0.15, 0.2) is 0 Å². The van der Waals surface area contributed by atoms with Gasteiger partial charge >= 0.3 is 6.03 Å². The van der Waals surface area contributed by atoms with Crippen molar-refractivity contribution >= 4 is 33.8 Å². The van der Waals surface area contributed by atoms with Gasteiger partial charge in [0.25, 0.3) is 5.91 Å². The molecule has 0 saturated carbocycles. The van der Waals surface area contributed by atoms with Crippen molar-refractivity contribution in [1.82, 2.24) is 16.0 Å². The predicted molar refractivity (Wildman–Crippen MR) is 75.8 cm³/mol. The van der Waals surface area contributed by atoms with Crippen molar-refractivity contribution in [3.63, 3.8) is 0 Å². The van der Waals surface area contributed by atoms with Gasteiger partial charge in [0.05, 0.1) is 12.5 Å². The van der Waals surface area contributed by atoms with E-state index in [4.69, 9.17) is 0 Å². The molecule has 0 spiro atoms. The molecule has 20 heavy (non-hydrogen) atoms. The molecule has 1 heterocycles. The summed E-state index contributed by atoms with van der Waals surface area (Å²) in [6.45, 7) is 1.85. The van der Waals surface area contributed by atoms with Crippen molar-refractivity contribution in [3.05, 3.63) is 34.3 Å². The first kappa shape index (κ1) is 14.5. The van der Waals surface area contributed by atoms with E-state index in [-0.39, 0.29) is 18.4 Å². The number of hydrogen-bond acceptors (Lipinski definition) is 3. The molecule has 1 aliphatic rings. The van der Waals surface area contributed by atoms with Crippen LogP contribution in [0.2, 0.25) is 0 Å². The number of hydrogen-bond donors (Lipinski definition) is 3. The summed E-state index contributed by atoms with van der Waals surface area (Å²) in [5.74, 6) is -0.764. The Labute approximate surface area is 124 Å². The summed E-state index contributed by atoms with van der Waals surface area (Å²) in [6, 6.07) is 6.06. The minimum Gasteiger partial charge on any atom is -0.350 e. The Hall–Kier alpha value is -1.89. The van der Waals surface area contributed by atoms with E-state index in [1.54, 1.807) is 0 Å². The van der Waals surface area contributed by atoms with Gasteiger partial charge in [0.1, 0.15) is 6.04 Å². The summed E-state index contributed by atoms with van der Waals surface area (Å²) in [7, 11) is 0. The highest BCUT2D eigenvalue weighted by Gasteiger charge is 2.31. The van der Waals surface area contributed by atoms with Gasteiger partial charge in [0.2, 0.25) is 5.91 Å². The molecule has 0 radical (unpaired) electrons. The van der Waals surface area contributed by atoms with Gasteiger partial charge in [0, 0.05) is 4.47 Å². The Kier molecular flexibility index (Phi) is 4.39. The van der Waals surface area contributed by atoms with Crippen LogP contribution in [0.1, 0.15) is 24.9 Å². The van der Waals surface area contributed by atoms with Crippen molar-refractivity contribution in [3.8, 4) is 0 Å². The van der Waals surface area contributed by atoms with E-state index in [9.17, 15) is 14.4 Å². The van der Waals surface area contributed by atoms with E-state index in [1.807, 2.05) is 31.2 Å². The van der Waals surface area contributed by atoms with E-state index in [0.29, 0.717) is 0 Å². The molecule has 2 rings (SSSR count). The van der Waals surface area contributed by atoms with E-state index in [1.165, 1.54) is 0 Å². The second kappa shape index (κ2) is 6.04. The zero-order chi connectivity index (χ0) is 14.7. The first-order valence-corrected chi connectivity index (χ1v) is 6.91. The van der Waals surface area contributed by atoms with Gasteiger partial charge in [-0.25, -0.2) is 4.79 Å². The Morgan fingerprint density at radius 2 is 2.20 bits per heavy atom. The maximum absolute atomic E-state index is 11.9. The smallest absolute Gasteiger partial charge is 0.322 e. The Bertz CT molecular complexity index is 562. The molecular formula is C13H14BrN3O3. The second-order valence-corrected chi connectivity index (χ2v) is 5.48. The molecular weight excluding hydrogens is 326 g/mol. The number of nitrogens with one attached hydrogen (secondary N) is 3. The quantitative estimate of drug-likeness (QED) is 0.721. The normalized spacial score (nSPS) is 19.2. The molecule has 1 saturated heterocycles. The maximum Gasteiger partial charge on any atom is 0.322 e.